The third kappa shape index (κ3) is 7.02. The van der Waals surface area contributed by atoms with Crippen molar-refractivity contribution in [2.45, 2.75) is 30.1 Å². The summed E-state index contributed by atoms with van der Waals surface area (Å²) in [6, 6.07) is 9.96. The second-order valence-electron chi connectivity index (χ2n) is 5.87. The van der Waals surface area contributed by atoms with Crippen LogP contribution < -0.4 is 5.32 Å². The highest BCUT2D eigenvalue weighted by molar-refractivity contribution is 7.99. The normalized spacial score (nSPS) is 10.9. The van der Waals surface area contributed by atoms with E-state index in [1.165, 1.54) is 30.0 Å². The lowest BCUT2D eigenvalue weighted by molar-refractivity contribution is -0.142. The minimum Gasteiger partial charge on any atom is -0.466 e. The molecule has 0 spiro atoms. The Kier molecular flexibility index (Phi) is 8.54. The maximum absolute atomic E-state index is 13.0. The van der Waals surface area contributed by atoms with Crippen LogP contribution in [-0.2, 0) is 14.3 Å². The van der Waals surface area contributed by atoms with Gasteiger partial charge in [-0.3, -0.25) is 9.59 Å². The van der Waals surface area contributed by atoms with Gasteiger partial charge in [-0.15, -0.1) is 0 Å². The number of amides is 1. The van der Waals surface area contributed by atoms with Gasteiger partial charge in [0.15, 0.2) is 0 Å². The first-order chi connectivity index (χ1) is 13.4. The van der Waals surface area contributed by atoms with Gasteiger partial charge in [0.25, 0.3) is 0 Å². The summed E-state index contributed by atoms with van der Waals surface area (Å²) in [4.78, 5) is 25.0. The minimum atomic E-state index is -0.348. The fourth-order valence-corrected chi connectivity index (χ4v) is 3.51. The molecule has 28 heavy (non-hydrogen) atoms. The van der Waals surface area contributed by atoms with Gasteiger partial charge >= 0.3 is 5.97 Å². The number of ether oxygens (including phenoxy) is 1. The van der Waals surface area contributed by atoms with Crippen molar-refractivity contribution in [1.29, 1.82) is 0 Å². The fraction of sp³-hybridized carbons (Fsp3) is 0.238. The molecule has 0 heterocycles. The number of halogens is 2. The zero-order chi connectivity index (χ0) is 20.5. The maximum atomic E-state index is 13.0. The summed E-state index contributed by atoms with van der Waals surface area (Å²) in [5.41, 5.74) is 1.70. The Labute approximate surface area is 173 Å². The van der Waals surface area contributed by atoms with E-state index >= 15 is 0 Å². The van der Waals surface area contributed by atoms with Crippen LogP contribution in [0.4, 0.5) is 4.39 Å². The van der Waals surface area contributed by atoms with Crippen molar-refractivity contribution >= 4 is 41.3 Å². The summed E-state index contributed by atoms with van der Waals surface area (Å²) in [6.45, 7) is 4.20. The number of carbonyl (C=O) groups is 2. The van der Waals surface area contributed by atoms with Crippen LogP contribution in [0.5, 0.6) is 0 Å². The Morgan fingerprint density at radius 3 is 2.64 bits per heavy atom. The van der Waals surface area contributed by atoms with Gasteiger partial charge in [0.2, 0.25) is 5.91 Å². The number of carbonyl (C=O) groups excluding carboxylic acids is 2. The van der Waals surface area contributed by atoms with E-state index in [4.69, 9.17) is 16.3 Å². The van der Waals surface area contributed by atoms with Gasteiger partial charge in [-0.05, 0) is 67.4 Å². The van der Waals surface area contributed by atoms with Gasteiger partial charge in [-0.25, -0.2) is 4.39 Å². The minimum absolute atomic E-state index is 0.128. The van der Waals surface area contributed by atoms with Gasteiger partial charge in [-0.1, -0.05) is 23.4 Å². The van der Waals surface area contributed by atoms with E-state index in [9.17, 15) is 14.0 Å². The van der Waals surface area contributed by atoms with Crippen molar-refractivity contribution in [3.63, 3.8) is 0 Å². The van der Waals surface area contributed by atoms with Gasteiger partial charge in [-0.2, -0.15) is 0 Å². The molecule has 0 unspecified atom stereocenters. The van der Waals surface area contributed by atoms with Crippen LogP contribution in [0.1, 0.15) is 24.5 Å². The van der Waals surface area contributed by atoms with Crippen LogP contribution in [0, 0.1) is 12.7 Å². The molecule has 0 aliphatic rings. The standard InChI is InChI=1S/C21H21ClFNO3S/c1-3-27-21(26)10-11-24-20(25)9-4-15-12-14(2)19(13-18(15)22)28-17-7-5-16(23)6-8-17/h4-9,12-13H,3,10-11H2,1-2H3,(H,24,25)/b9-4+. The quantitative estimate of drug-likeness (QED) is 0.480. The SMILES string of the molecule is CCOC(=O)CCNC(=O)/C=C/c1cc(C)c(Sc2ccc(F)cc2)cc1Cl. The van der Waals surface area contributed by atoms with E-state index in [1.54, 1.807) is 25.1 Å². The first-order valence-electron chi connectivity index (χ1n) is 8.74. The first-order valence-corrected chi connectivity index (χ1v) is 9.93. The van der Waals surface area contributed by atoms with Gasteiger partial charge < -0.3 is 10.1 Å². The first kappa shape index (κ1) is 22.0. The van der Waals surface area contributed by atoms with E-state index in [-0.39, 0.29) is 30.7 Å². The molecular weight excluding hydrogens is 401 g/mol. The summed E-state index contributed by atoms with van der Waals surface area (Å²) in [7, 11) is 0. The molecule has 0 aromatic heterocycles. The number of aryl methyl sites for hydroxylation is 1. The van der Waals surface area contributed by atoms with E-state index in [0.717, 1.165) is 15.4 Å². The Hall–Kier alpha value is -2.31. The lowest BCUT2D eigenvalue weighted by Gasteiger charge is -2.09. The molecule has 0 radical (unpaired) electrons. The average Bonchev–Trinajstić information content (AvgIpc) is 2.65. The Balaban J connectivity index is 1.97. The van der Waals surface area contributed by atoms with Gasteiger partial charge in [0, 0.05) is 27.4 Å². The van der Waals surface area contributed by atoms with Crippen LogP contribution in [0.2, 0.25) is 5.02 Å². The number of benzene rings is 2. The molecule has 2 aromatic carbocycles. The van der Waals surface area contributed by atoms with Gasteiger partial charge in [0.05, 0.1) is 13.0 Å². The molecule has 2 aromatic rings. The Morgan fingerprint density at radius 2 is 1.96 bits per heavy atom. The Bertz CT molecular complexity index is 869. The van der Waals surface area contributed by atoms with E-state index in [1.807, 2.05) is 19.1 Å². The Morgan fingerprint density at radius 1 is 1.25 bits per heavy atom. The topological polar surface area (TPSA) is 55.4 Å². The summed E-state index contributed by atoms with van der Waals surface area (Å²) >= 11 is 7.83. The molecule has 2 rings (SSSR count). The lowest BCUT2D eigenvalue weighted by atomic mass is 10.1. The molecule has 0 saturated carbocycles. The zero-order valence-corrected chi connectivity index (χ0v) is 17.2. The number of hydrogen-bond acceptors (Lipinski definition) is 4. The molecule has 0 saturated heterocycles. The molecule has 4 nitrogen and oxygen atoms in total. The molecule has 0 atom stereocenters. The second kappa shape index (κ2) is 10.9. The molecule has 1 N–H and O–H groups in total. The van der Waals surface area contributed by atoms with Crippen molar-refractivity contribution in [1.82, 2.24) is 5.32 Å². The molecule has 0 aliphatic heterocycles. The smallest absolute Gasteiger partial charge is 0.307 e. The molecule has 0 bridgehead atoms. The summed E-state index contributed by atoms with van der Waals surface area (Å²) in [5.74, 6) is -0.942. The molecule has 7 heteroatoms. The predicted octanol–water partition coefficient (Wildman–Crippen LogP) is 5.02. The number of rotatable bonds is 8. The molecule has 1 amide bonds. The number of esters is 1. The van der Waals surface area contributed by atoms with Crippen molar-refractivity contribution in [2.24, 2.45) is 0 Å². The van der Waals surface area contributed by atoms with Crippen LogP contribution in [0.3, 0.4) is 0 Å². The summed E-state index contributed by atoms with van der Waals surface area (Å²) in [6.07, 6.45) is 3.13. The molecule has 0 fully saturated rings. The second-order valence-corrected chi connectivity index (χ2v) is 7.40. The van der Waals surface area contributed by atoms with E-state index in [0.29, 0.717) is 17.2 Å². The fourth-order valence-electron chi connectivity index (χ4n) is 2.30. The highest BCUT2D eigenvalue weighted by Crippen LogP contribution is 2.34. The van der Waals surface area contributed by atoms with Crippen LogP contribution >= 0.6 is 23.4 Å². The summed E-state index contributed by atoms with van der Waals surface area (Å²) in [5, 5.41) is 3.13. The van der Waals surface area contributed by atoms with E-state index in [2.05, 4.69) is 5.32 Å². The maximum Gasteiger partial charge on any atom is 0.307 e. The van der Waals surface area contributed by atoms with Crippen molar-refractivity contribution in [2.75, 3.05) is 13.2 Å². The van der Waals surface area contributed by atoms with Crippen LogP contribution in [0.25, 0.3) is 6.08 Å². The molecular formula is C21H21ClFNO3S. The van der Waals surface area contributed by atoms with Crippen molar-refractivity contribution in [3.8, 4) is 0 Å². The highest BCUT2D eigenvalue weighted by Gasteiger charge is 2.07. The predicted molar refractivity (Wildman–Crippen MR) is 110 cm³/mol. The third-order valence-corrected chi connectivity index (χ3v) is 5.18. The van der Waals surface area contributed by atoms with Crippen LogP contribution in [0.15, 0.2) is 52.3 Å². The van der Waals surface area contributed by atoms with Gasteiger partial charge in [0.1, 0.15) is 5.82 Å². The lowest BCUT2D eigenvalue weighted by Crippen LogP contribution is -2.24. The largest absolute Gasteiger partial charge is 0.466 e. The highest BCUT2D eigenvalue weighted by atomic mass is 35.5. The third-order valence-electron chi connectivity index (χ3n) is 3.68. The van der Waals surface area contributed by atoms with Crippen molar-refractivity contribution in [3.05, 3.63) is 64.4 Å². The number of hydrogen-bond donors (Lipinski definition) is 1. The zero-order valence-electron chi connectivity index (χ0n) is 15.6. The number of nitrogens with one attached hydrogen (secondary N) is 1. The van der Waals surface area contributed by atoms with Crippen molar-refractivity contribution < 1.29 is 18.7 Å². The summed E-state index contributed by atoms with van der Waals surface area (Å²) < 4.78 is 17.8. The molecule has 0 aliphatic carbocycles. The average molecular weight is 422 g/mol. The van der Waals surface area contributed by atoms with Crippen LogP contribution in [-0.4, -0.2) is 25.0 Å². The molecule has 148 valence electrons. The van der Waals surface area contributed by atoms with E-state index < -0.39 is 0 Å². The monoisotopic (exact) mass is 421 g/mol.